The maximum Gasteiger partial charge on any atom is 0.341 e. The maximum atomic E-state index is 12.1. The van der Waals surface area contributed by atoms with E-state index < -0.39 is 5.97 Å². The molecule has 1 aromatic heterocycles. The molecule has 22 heavy (non-hydrogen) atoms. The number of anilines is 1. The van der Waals surface area contributed by atoms with E-state index in [4.69, 9.17) is 4.74 Å². The van der Waals surface area contributed by atoms with Crippen molar-refractivity contribution in [3.05, 3.63) is 42.0 Å². The van der Waals surface area contributed by atoms with Crippen molar-refractivity contribution in [3.8, 4) is 10.4 Å². The van der Waals surface area contributed by atoms with E-state index in [1.807, 2.05) is 37.3 Å². The van der Waals surface area contributed by atoms with Gasteiger partial charge in [0, 0.05) is 11.3 Å². The van der Waals surface area contributed by atoms with Gasteiger partial charge in [-0.15, -0.1) is 11.3 Å². The van der Waals surface area contributed by atoms with E-state index in [2.05, 4.69) is 5.32 Å². The lowest BCUT2D eigenvalue weighted by molar-refractivity contribution is -0.116. The fraction of sp³-hybridized carbons (Fsp3) is 0.294. The predicted octanol–water partition coefficient (Wildman–Crippen LogP) is 4.33. The van der Waals surface area contributed by atoms with Crippen molar-refractivity contribution < 1.29 is 14.3 Å². The van der Waals surface area contributed by atoms with E-state index in [9.17, 15) is 9.59 Å². The summed E-state index contributed by atoms with van der Waals surface area (Å²) in [6, 6.07) is 11.5. The lowest BCUT2D eigenvalue weighted by atomic mass is 10.1. The van der Waals surface area contributed by atoms with Gasteiger partial charge in [-0.05, 0) is 25.0 Å². The Morgan fingerprint density at radius 2 is 1.91 bits per heavy atom. The Morgan fingerprint density at radius 1 is 1.18 bits per heavy atom. The first kappa shape index (κ1) is 16.2. The number of amides is 1. The highest BCUT2D eigenvalue weighted by Crippen LogP contribution is 2.36. The van der Waals surface area contributed by atoms with Crippen LogP contribution < -0.4 is 5.32 Å². The van der Waals surface area contributed by atoms with Crippen LogP contribution in [-0.4, -0.2) is 18.5 Å². The van der Waals surface area contributed by atoms with Crippen molar-refractivity contribution in [2.24, 2.45) is 0 Å². The second-order valence-corrected chi connectivity index (χ2v) is 5.79. The molecule has 116 valence electrons. The maximum absolute atomic E-state index is 12.1. The van der Waals surface area contributed by atoms with Crippen LogP contribution in [0.1, 0.15) is 37.0 Å². The summed E-state index contributed by atoms with van der Waals surface area (Å²) >= 11 is 1.39. The molecule has 1 N–H and O–H groups in total. The lowest BCUT2D eigenvalue weighted by Gasteiger charge is -2.05. The van der Waals surface area contributed by atoms with Gasteiger partial charge in [0.05, 0.1) is 12.2 Å². The summed E-state index contributed by atoms with van der Waals surface area (Å²) in [5.74, 6) is -0.498. The Balaban J connectivity index is 2.34. The molecule has 2 rings (SSSR count). The molecule has 5 heteroatoms. The summed E-state index contributed by atoms with van der Waals surface area (Å²) < 4.78 is 5.08. The molecule has 1 amide bonds. The minimum Gasteiger partial charge on any atom is -0.462 e. The number of carbonyl (C=O) groups is 2. The SMILES string of the molecule is CCCC(=O)Nc1sc(-c2ccccc2)cc1C(=O)OCC. The van der Waals surface area contributed by atoms with E-state index in [0.29, 0.717) is 23.6 Å². The molecular weight excluding hydrogens is 298 g/mol. The first-order chi connectivity index (χ1) is 10.7. The van der Waals surface area contributed by atoms with Crippen LogP contribution in [0.5, 0.6) is 0 Å². The molecule has 0 fully saturated rings. The van der Waals surface area contributed by atoms with Crippen LogP contribution in [0.3, 0.4) is 0 Å². The number of nitrogens with one attached hydrogen (secondary N) is 1. The molecule has 0 spiro atoms. The van der Waals surface area contributed by atoms with Crippen LogP contribution >= 0.6 is 11.3 Å². The quantitative estimate of drug-likeness (QED) is 0.807. The minimum atomic E-state index is -0.410. The van der Waals surface area contributed by atoms with Crippen LogP contribution in [0.15, 0.2) is 36.4 Å². The molecule has 0 saturated heterocycles. The van der Waals surface area contributed by atoms with Crippen molar-refractivity contribution in [1.29, 1.82) is 0 Å². The van der Waals surface area contributed by atoms with Gasteiger partial charge in [0.15, 0.2) is 0 Å². The first-order valence-corrected chi connectivity index (χ1v) is 8.13. The first-order valence-electron chi connectivity index (χ1n) is 7.32. The zero-order valence-electron chi connectivity index (χ0n) is 12.7. The van der Waals surface area contributed by atoms with Gasteiger partial charge in [-0.3, -0.25) is 4.79 Å². The monoisotopic (exact) mass is 317 g/mol. The van der Waals surface area contributed by atoms with Gasteiger partial charge in [-0.1, -0.05) is 37.3 Å². The number of rotatable bonds is 6. The average molecular weight is 317 g/mol. The zero-order valence-corrected chi connectivity index (χ0v) is 13.5. The number of benzene rings is 1. The van der Waals surface area contributed by atoms with Crippen molar-refractivity contribution in [2.75, 3.05) is 11.9 Å². The van der Waals surface area contributed by atoms with E-state index in [-0.39, 0.29) is 5.91 Å². The Morgan fingerprint density at radius 3 is 2.55 bits per heavy atom. The number of ether oxygens (including phenoxy) is 1. The number of hydrogen-bond acceptors (Lipinski definition) is 4. The van der Waals surface area contributed by atoms with E-state index >= 15 is 0 Å². The third-order valence-corrected chi connectivity index (χ3v) is 4.12. The summed E-state index contributed by atoms with van der Waals surface area (Å²) in [7, 11) is 0. The van der Waals surface area contributed by atoms with E-state index in [1.54, 1.807) is 13.0 Å². The van der Waals surface area contributed by atoms with Crippen LogP contribution in [-0.2, 0) is 9.53 Å². The molecule has 2 aromatic rings. The fourth-order valence-corrected chi connectivity index (χ4v) is 3.07. The molecule has 0 atom stereocenters. The molecule has 1 aromatic carbocycles. The second kappa shape index (κ2) is 7.75. The third-order valence-electron chi connectivity index (χ3n) is 3.02. The van der Waals surface area contributed by atoms with Gasteiger partial charge in [0.2, 0.25) is 5.91 Å². The smallest absolute Gasteiger partial charge is 0.341 e. The average Bonchev–Trinajstić information content (AvgIpc) is 2.92. The summed E-state index contributed by atoms with van der Waals surface area (Å²) in [6.07, 6.45) is 1.19. The van der Waals surface area contributed by atoms with Gasteiger partial charge >= 0.3 is 5.97 Å². The molecule has 0 saturated carbocycles. The van der Waals surface area contributed by atoms with Crippen LogP contribution in [0.2, 0.25) is 0 Å². The summed E-state index contributed by atoms with van der Waals surface area (Å²) in [6.45, 7) is 4.01. The normalized spacial score (nSPS) is 10.3. The van der Waals surface area contributed by atoms with E-state index in [1.165, 1.54) is 11.3 Å². The number of esters is 1. The molecule has 0 aliphatic carbocycles. The van der Waals surface area contributed by atoms with Crippen molar-refractivity contribution in [3.63, 3.8) is 0 Å². The van der Waals surface area contributed by atoms with Gasteiger partial charge in [0.1, 0.15) is 5.00 Å². The van der Waals surface area contributed by atoms with Crippen molar-refractivity contribution >= 4 is 28.2 Å². The zero-order chi connectivity index (χ0) is 15.9. The molecule has 0 unspecified atom stereocenters. The Labute approximate surface area is 134 Å². The molecule has 0 radical (unpaired) electrons. The third kappa shape index (κ3) is 3.95. The summed E-state index contributed by atoms with van der Waals surface area (Å²) in [4.78, 5) is 24.8. The largest absolute Gasteiger partial charge is 0.462 e. The number of hydrogen-bond donors (Lipinski definition) is 1. The molecular formula is C17H19NO3S. The lowest BCUT2D eigenvalue weighted by Crippen LogP contribution is -2.13. The van der Waals surface area contributed by atoms with Crippen molar-refractivity contribution in [1.82, 2.24) is 0 Å². The Kier molecular flexibility index (Phi) is 5.72. The predicted molar refractivity (Wildman–Crippen MR) is 89.2 cm³/mol. The van der Waals surface area contributed by atoms with E-state index in [0.717, 1.165) is 16.9 Å². The van der Waals surface area contributed by atoms with Gasteiger partial charge < -0.3 is 10.1 Å². The molecule has 0 bridgehead atoms. The molecule has 1 heterocycles. The van der Waals surface area contributed by atoms with Crippen LogP contribution in [0, 0.1) is 0 Å². The van der Waals surface area contributed by atoms with Gasteiger partial charge in [-0.25, -0.2) is 4.79 Å². The molecule has 4 nitrogen and oxygen atoms in total. The van der Waals surface area contributed by atoms with Crippen LogP contribution in [0.4, 0.5) is 5.00 Å². The molecule has 0 aliphatic heterocycles. The van der Waals surface area contributed by atoms with Crippen molar-refractivity contribution in [2.45, 2.75) is 26.7 Å². The summed E-state index contributed by atoms with van der Waals surface area (Å²) in [5, 5.41) is 3.37. The highest BCUT2D eigenvalue weighted by Gasteiger charge is 2.19. The summed E-state index contributed by atoms with van der Waals surface area (Å²) in [5.41, 5.74) is 1.42. The minimum absolute atomic E-state index is 0.0884. The Bertz CT molecular complexity index is 649. The standard InChI is InChI=1S/C17H19NO3S/c1-3-8-15(19)18-16-13(17(20)21-4-2)11-14(22-16)12-9-6-5-7-10-12/h5-7,9-11H,3-4,8H2,1-2H3,(H,18,19). The highest BCUT2D eigenvalue weighted by molar-refractivity contribution is 7.20. The topological polar surface area (TPSA) is 55.4 Å². The second-order valence-electron chi connectivity index (χ2n) is 4.74. The highest BCUT2D eigenvalue weighted by atomic mass is 32.1. The van der Waals surface area contributed by atoms with Gasteiger partial charge in [0.25, 0.3) is 0 Å². The Hall–Kier alpha value is -2.14. The fourth-order valence-electron chi connectivity index (χ4n) is 2.01. The van der Waals surface area contributed by atoms with Gasteiger partial charge in [-0.2, -0.15) is 0 Å². The molecule has 0 aliphatic rings. The van der Waals surface area contributed by atoms with Crippen LogP contribution in [0.25, 0.3) is 10.4 Å². The number of carbonyl (C=O) groups excluding carboxylic acids is 2. The number of thiophene rings is 1.